The second kappa shape index (κ2) is 11.2. The van der Waals surface area contributed by atoms with Crippen LogP contribution >= 0.6 is 35.6 Å². The van der Waals surface area contributed by atoms with Crippen molar-refractivity contribution in [2.24, 2.45) is 4.99 Å². The molecule has 0 saturated heterocycles. The number of hydrogen-bond acceptors (Lipinski definition) is 1. The van der Waals surface area contributed by atoms with Gasteiger partial charge in [-0.25, -0.2) is 0 Å². The minimum absolute atomic E-state index is 0. The highest BCUT2D eigenvalue weighted by Crippen LogP contribution is 2.10. The highest BCUT2D eigenvalue weighted by atomic mass is 127. The van der Waals surface area contributed by atoms with Gasteiger partial charge in [0.1, 0.15) is 0 Å². The molecule has 0 fully saturated rings. The quantitative estimate of drug-likeness (QED) is 0.425. The Morgan fingerprint density at radius 3 is 2.70 bits per heavy atom. The third-order valence-electron chi connectivity index (χ3n) is 2.90. The Bertz CT molecular complexity index is 410. The van der Waals surface area contributed by atoms with Gasteiger partial charge < -0.3 is 10.6 Å². The lowest BCUT2D eigenvalue weighted by Crippen LogP contribution is -2.42. The van der Waals surface area contributed by atoms with Crippen molar-refractivity contribution in [3.63, 3.8) is 0 Å². The fourth-order valence-electron chi connectivity index (χ4n) is 1.64. The summed E-state index contributed by atoms with van der Waals surface area (Å²) in [4.78, 5) is 4.58. The van der Waals surface area contributed by atoms with Crippen molar-refractivity contribution >= 4 is 41.5 Å². The van der Waals surface area contributed by atoms with Gasteiger partial charge in [0.25, 0.3) is 0 Å². The lowest BCUT2D eigenvalue weighted by Gasteiger charge is -2.16. The van der Waals surface area contributed by atoms with Crippen LogP contribution in [0.15, 0.2) is 29.3 Å². The van der Waals surface area contributed by atoms with E-state index in [0.29, 0.717) is 6.04 Å². The van der Waals surface area contributed by atoms with Gasteiger partial charge >= 0.3 is 0 Å². The van der Waals surface area contributed by atoms with E-state index in [9.17, 15) is 0 Å². The van der Waals surface area contributed by atoms with Crippen LogP contribution in [-0.2, 0) is 6.42 Å². The molecule has 20 heavy (non-hydrogen) atoms. The van der Waals surface area contributed by atoms with Gasteiger partial charge in [-0.15, -0.1) is 24.0 Å². The first kappa shape index (κ1) is 19.5. The zero-order valence-corrected chi connectivity index (χ0v) is 15.5. The molecule has 0 saturated carbocycles. The molecule has 3 nitrogen and oxygen atoms in total. The molecule has 0 spiro atoms. The molecule has 0 heterocycles. The number of nitrogens with one attached hydrogen (secondary N) is 2. The van der Waals surface area contributed by atoms with Gasteiger partial charge in [-0.05, 0) is 44.4 Å². The Morgan fingerprint density at radius 2 is 2.10 bits per heavy atom. The van der Waals surface area contributed by atoms with E-state index in [1.165, 1.54) is 5.56 Å². The van der Waals surface area contributed by atoms with Gasteiger partial charge in [0.05, 0.1) is 0 Å². The minimum Gasteiger partial charge on any atom is -0.357 e. The molecule has 0 bridgehead atoms. The van der Waals surface area contributed by atoms with Crippen molar-refractivity contribution < 1.29 is 0 Å². The van der Waals surface area contributed by atoms with Gasteiger partial charge in [-0.2, -0.15) is 0 Å². The maximum absolute atomic E-state index is 5.96. The Labute approximate surface area is 144 Å². The monoisotopic (exact) mass is 409 g/mol. The summed E-state index contributed by atoms with van der Waals surface area (Å²) in [5.74, 6) is 0.888. The number of aliphatic imine (C=N–C) groups is 1. The highest BCUT2D eigenvalue weighted by Gasteiger charge is 2.02. The van der Waals surface area contributed by atoms with Crippen molar-refractivity contribution in [3.05, 3.63) is 34.9 Å². The summed E-state index contributed by atoms with van der Waals surface area (Å²) in [5, 5.41) is 7.42. The van der Waals surface area contributed by atoms with Crippen LogP contribution in [0, 0.1) is 0 Å². The Balaban J connectivity index is 0.00000361. The van der Waals surface area contributed by atoms with Crippen molar-refractivity contribution in [2.45, 2.75) is 39.7 Å². The third-order valence-corrected chi connectivity index (χ3v) is 3.13. The molecule has 1 rings (SSSR count). The molecule has 1 aromatic carbocycles. The molecule has 0 aliphatic heterocycles. The van der Waals surface area contributed by atoms with E-state index in [0.717, 1.165) is 36.9 Å². The smallest absolute Gasteiger partial charge is 0.191 e. The standard InChI is InChI=1S/C15H24ClN3.HI/c1-4-12(3)19-15(17-5-2)18-10-9-13-7-6-8-14(16)11-13;/h6-8,11-12H,4-5,9-10H2,1-3H3,(H2,17,18,19);1H. The fraction of sp³-hybridized carbons (Fsp3) is 0.533. The van der Waals surface area contributed by atoms with E-state index in [1.807, 2.05) is 18.2 Å². The average molecular weight is 410 g/mol. The largest absolute Gasteiger partial charge is 0.357 e. The second-order valence-electron chi connectivity index (χ2n) is 4.59. The normalized spacial score (nSPS) is 12.5. The molecular formula is C15H25ClIN3. The van der Waals surface area contributed by atoms with E-state index in [2.05, 4.69) is 42.5 Å². The van der Waals surface area contributed by atoms with Crippen molar-refractivity contribution in [1.29, 1.82) is 0 Å². The van der Waals surface area contributed by atoms with Crippen LogP contribution < -0.4 is 10.6 Å². The molecule has 0 radical (unpaired) electrons. The topological polar surface area (TPSA) is 36.4 Å². The van der Waals surface area contributed by atoms with E-state index >= 15 is 0 Å². The molecule has 0 aliphatic carbocycles. The van der Waals surface area contributed by atoms with Gasteiger partial charge in [-0.3, -0.25) is 4.99 Å². The average Bonchev–Trinajstić information content (AvgIpc) is 2.39. The lowest BCUT2D eigenvalue weighted by atomic mass is 10.1. The third kappa shape index (κ3) is 7.94. The van der Waals surface area contributed by atoms with Crippen LogP contribution in [0.3, 0.4) is 0 Å². The Morgan fingerprint density at radius 1 is 1.35 bits per heavy atom. The molecule has 0 aromatic heterocycles. The zero-order chi connectivity index (χ0) is 14.1. The Hall–Kier alpha value is -0.490. The second-order valence-corrected chi connectivity index (χ2v) is 5.03. The zero-order valence-electron chi connectivity index (χ0n) is 12.4. The predicted molar refractivity (Wildman–Crippen MR) is 99.4 cm³/mol. The molecule has 5 heteroatoms. The Kier molecular flexibility index (Phi) is 10.9. The molecule has 1 aromatic rings. The van der Waals surface area contributed by atoms with Crippen LogP contribution in [0.2, 0.25) is 5.02 Å². The first-order valence-electron chi connectivity index (χ1n) is 6.95. The van der Waals surface area contributed by atoms with E-state index in [-0.39, 0.29) is 24.0 Å². The fourth-order valence-corrected chi connectivity index (χ4v) is 1.86. The van der Waals surface area contributed by atoms with Crippen LogP contribution in [0.25, 0.3) is 0 Å². The summed E-state index contributed by atoms with van der Waals surface area (Å²) >= 11 is 5.96. The summed E-state index contributed by atoms with van der Waals surface area (Å²) in [6.45, 7) is 8.02. The number of halogens is 2. The summed E-state index contributed by atoms with van der Waals surface area (Å²) in [6.07, 6.45) is 1.98. The maximum atomic E-state index is 5.96. The first-order chi connectivity index (χ1) is 9.15. The van der Waals surface area contributed by atoms with E-state index in [1.54, 1.807) is 0 Å². The van der Waals surface area contributed by atoms with Crippen LogP contribution in [-0.4, -0.2) is 25.1 Å². The van der Waals surface area contributed by atoms with Gasteiger partial charge in [0.2, 0.25) is 0 Å². The van der Waals surface area contributed by atoms with Crippen LogP contribution in [0.4, 0.5) is 0 Å². The van der Waals surface area contributed by atoms with Gasteiger partial charge in [0, 0.05) is 24.2 Å². The van der Waals surface area contributed by atoms with Crippen molar-refractivity contribution in [2.75, 3.05) is 13.1 Å². The van der Waals surface area contributed by atoms with E-state index < -0.39 is 0 Å². The number of guanidine groups is 1. The molecule has 0 aliphatic rings. The summed E-state index contributed by atoms with van der Waals surface area (Å²) in [7, 11) is 0. The molecule has 0 amide bonds. The number of rotatable bonds is 6. The van der Waals surface area contributed by atoms with Crippen molar-refractivity contribution in [1.82, 2.24) is 10.6 Å². The number of hydrogen-bond donors (Lipinski definition) is 2. The maximum Gasteiger partial charge on any atom is 0.191 e. The SMILES string of the molecule is CCNC(=NCCc1cccc(Cl)c1)NC(C)CC.I. The lowest BCUT2D eigenvalue weighted by molar-refractivity contribution is 0.624. The van der Waals surface area contributed by atoms with Crippen LogP contribution in [0.5, 0.6) is 0 Å². The molecular weight excluding hydrogens is 385 g/mol. The first-order valence-corrected chi connectivity index (χ1v) is 7.32. The minimum atomic E-state index is 0. The molecule has 2 N–H and O–H groups in total. The van der Waals surface area contributed by atoms with Gasteiger partial charge in [-0.1, -0.05) is 30.7 Å². The van der Waals surface area contributed by atoms with E-state index in [4.69, 9.17) is 11.6 Å². The summed E-state index contributed by atoms with van der Waals surface area (Å²) in [6, 6.07) is 8.37. The van der Waals surface area contributed by atoms with Gasteiger partial charge in [0.15, 0.2) is 5.96 Å². The predicted octanol–water partition coefficient (Wildman–Crippen LogP) is 3.85. The van der Waals surface area contributed by atoms with Crippen LogP contribution in [0.1, 0.15) is 32.8 Å². The van der Waals surface area contributed by atoms with Crippen molar-refractivity contribution in [3.8, 4) is 0 Å². The summed E-state index contributed by atoms with van der Waals surface area (Å²) < 4.78 is 0. The highest BCUT2D eigenvalue weighted by molar-refractivity contribution is 14.0. The molecule has 114 valence electrons. The number of nitrogens with zero attached hydrogens (tertiary/aromatic N) is 1. The number of benzene rings is 1. The molecule has 1 atom stereocenters. The molecule has 1 unspecified atom stereocenters. The summed E-state index contributed by atoms with van der Waals surface area (Å²) in [5.41, 5.74) is 1.22.